The van der Waals surface area contributed by atoms with Crippen molar-refractivity contribution in [2.45, 2.75) is 19.9 Å². The van der Waals surface area contributed by atoms with Gasteiger partial charge in [-0.15, -0.1) is 0 Å². The quantitative estimate of drug-likeness (QED) is 0.626. The Morgan fingerprint density at radius 3 is 2.94 bits per heavy atom. The molecule has 0 radical (unpaired) electrons. The zero-order chi connectivity index (χ0) is 12.4. The molecule has 1 unspecified atom stereocenters. The molecule has 92 valence electrons. The molecule has 1 fully saturated rings. The van der Waals surface area contributed by atoms with Crippen molar-refractivity contribution in [3.05, 3.63) is 33.9 Å². The minimum absolute atomic E-state index is 0.164. The molecule has 5 heteroatoms. The molecule has 5 nitrogen and oxygen atoms in total. The van der Waals surface area contributed by atoms with E-state index >= 15 is 0 Å². The van der Waals surface area contributed by atoms with Gasteiger partial charge in [0.2, 0.25) is 0 Å². The highest BCUT2D eigenvalue weighted by Gasteiger charge is 2.19. The van der Waals surface area contributed by atoms with Gasteiger partial charge in [-0.3, -0.25) is 10.1 Å². The molecule has 1 atom stereocenters. The number of nitrogens with zero attached hydrogens (tertiary/aromatic N) is 2. The number of anilines is 1. The molecule has 0 spiro atoms. The fraction of sp³-hybridized carbons (Fsp3) is 0.500. The largest absolute Gasteiger partial charge is 0.368 e. The number of hydrogen-bond donors (Lipinski definition) is 1. The summed E-state index contributed by atoms with van der Waals surface area (Å²) < 4.78 is 0. The van der Waals surface area contributed by atoms with Crippen molar-refractivity contribution in [2.24, 2.45) is 0 Å². The predicted octanol–water partition coefficient (Wildman–Crippen LogP) is 1.70. The molecular formula is C12H17N3O2. The summed E-state index contributed by atoms with van der Waals surface area (Å²) in [5.74, 6) is 0. The van der Waals surface area contributed by atoms with Crippen LogP contribution in [0.1, 0.15) is 12.5 Å². The van der Waals surface area contributed by atoms with Gasteiger partial charge in [-0.25, -0.2) is 0 Å². The maximum atomic E-state index is 10.8. The number of benzene rings is 1. The highest BCUT2D eigenvalue weighted by Crippen LogP contribution is 2.26. The third-order valence-corrected chi connectivity index (χ3v) is 3.11. The van der Waals surface area contributed by atoms with Crippen molar-refractivity contribution in [3.8, 4) is 0 Å². The lowest BCUT2D eigenvalue weighted by atomic mass is 10.1. The van der Waals surface area contributed by atoms with Crippen LogP contribution in [0.2, 0.25) is 0 Å². The molecule has 0 amide bonds. The Kier molecular flexibility index (Phi) is 3.28. The maximum absolute atomic E-state index is 10.8. The van der Waals surface area contributed by atoms with Crippen LogP contribution in [-0.2, 0) is 0 Å². The van der Waals surface area contributed by atoms with Gasteiger partial charge in [0.1, 0.15) is 0 Å². The topological polar surface area (TPSA) is 58.4 Å². The monoisotopic (exact) mass is 235 g/mol. The van der Waals surface area contributed by atoms with Gasteiger partial charge in [0.25, 0.3) is 5.69 Å². The van der Waals surface area contributed by atoms with E-state index in [2.05, 4.69) is 17.1 Å². The summed E-state index contributed by atoms with van der Waals surface area (Å²) in [7, 11) is 0. The molecule has 1 aliphatic rings. The predicted molar refractivity (Wildman–Crippen MR) is 67.5 cm³/mol. The number of piperazine rings is 1. The van der Waals surface area contributed by atoms with Crippen LogP contribution in [-0.4, -0.2) is 30.6 Å². The molecule has 1 aromatic rings. The van der Waals surface area contributed by atoms with E-state index in [0.717, 1.165) is 30.9 Å². The molecular weight excluding hydrogens is 218 g/mol. The SMILES string of the molecule is Cc1ccc([N+](=O)[O-])cc1N1CCNC(C)C1. The average molecular weight is 235 g/mol. The van der Waals surface area contributed by atoms with E-state index in [1.54, 1.807) is 12.1 Å². The molecule has 1 N–H and O–H groups in total. The van der Waals surface area contributed by atoms with Gasteiger partial charge < -0.3 is 10.2 Å². The van der Waals surface area contributed by atoms with E-state index in [1.807, 2.05) is 13.0 Å². The van der Waals surface area contributed by atoms with Gasteiger partial charge in [-0.05, 0) is 19.4 Å². The van der Waals surface area contributed by atoms with Crippen molar-refractivity contribution in [1.82, 2.24) is 5.32 Å². The first kappa shape index (κ1) is 11.9. The highest BCUT2D eigenvalue weighted by atomic mass is 16.6. The lowest BCUT2D eigenvalue weighted by Gasteiger charge is -2.34. The molecule has 0 aromatic heterocycles. The van der Waals surface area contributed by atoms with Crippen molar-refractivity contribution in [1.29, 1.82) is 0 Å². The first-order valence-electron chi connectivity index (χ1n) is 5.81. The van der Waals surface area contributed by atoms with Crippen LogP contribution in [0, 0.1) is 17.0 Å². The van der Waals surface area contributed by atoms with Crippen molar-refractivity contribution < 1.29 is 4.92 Å². The third-order valence-electron chi connectivity index (χ3n) is 3.11. The van der Waals surface area contributed by atoms with Crippen LogP contribution in [0.3, 0.4) is 0 Å². The van der Waals surface area contributed by atoms with Gasteiger partial charge >= 0.3 is 0 Å². The second-order valence-corrected chi connectivity index (χ2v) is 4.53. The standard InChI is InChI=1S/C12H17N3O2/c1-9-3-4-11(15(16)17)7-12(9)14-6-5-13-10(2)8-14/h3-4,7,10,13H,5-6,8H2,1-2H3. The van der Waals surface area contributed by atoms with Crippen LogP contribution < -0.4 is 10.2 Å². The Labute approximate surface area is 101 Å². The number of non-ortho nitro benzene ring substituents is 1. The summed E-state index contributed by atoms with van der Waals surface area (Å²) >= 11 is 0. The summed E-state index contributed by atoms with van der Waals surface area (Å²) in [6.45, 7) is 6.82. The van der Waals surface area contributed by atoms with Crippen LogP contribution in [0.25, 0.3) is 0 Å². The van der Waals surface area contributed by atoms with Gasteiger partial charge in [-0.1, -0.05) is 6.07 Å². The fourth-order valence-corrected chi connectivity index (χ4v) is 2.20. The van der Waals surface area contributed by atoms with Gasteiger partial charge in [-0.2, -0.15) is 0 Å². The summed E-state index contributed by atoms with van der Waals surface area (Å²) in [6, 6.07) is 5.47. The summed E-state index contributed by atoms with van der Waals surface area (Å²) in [6.07, 6.45) is 0. The second kappa shape index (κ2) is 4.71. The number of aryl methyl sites for hydroxylation is 1. The first-order valence-corrected chi connectivity index (χ1v) is 5.81. The van der Waals surface area contributed by atoms with Crippen LogP contribution in [0.5, 0.6) is 0 Å². The maximum Gasteiger partial charge on any atom is 0.271 e. The molecule has 0 saturated carbocycles. The minimum atomic E-state index is -0.339. The molecule has 17 heavy (non-hydrogen) atoms. The number of nitro benzene ring substituents is 1. The van der Waals surface area contributed by atoms with Crippen molar-refractivity contribution in [3.63, 3.8) is 0 Å². The molecule has 0 bridgehead atoms. The summed E-state index contributed by atoms with van der Waals surface area (Å²) in [5.41, 5.74) is 2.23. The van der Waals surface area contributed by atoms with Crippen molar-refractivity contribution >= 4 is 11.4 Å². The van der Waals surface area contributed by atoms with Crippen LogP contribution in [0.4, 0.5) is 11.4 Å². The fourth-order valence-electron chi connectivity index (χ4n) is 2.20. The van der Waals surface area contributed by atoms with E-state index in [-0.39, 0.29) is 10.6 Å². The first-order chi connectivity index (χ1) is 8.08. The molecule has 1 aromatic carbocycles. The van der Waals surface area contributed by atoms with Crippen molar-refractivity contribution in [2.75, 3.05) is 24.5 Å². The normalized spacial score (nSPS) is 20.4. The molecule has 1 aliphatic heterocycles. The Bertz CT molecular complexity index is 434. The van der Waals surface area contributed by atoms with E-state index < -0.39 is 0 Å². The molecule has 2 rings (SSSR count). The lowest BCUT2D eigenvalue weighted by Crippen LogP contribution is -2.49. The second-order valence-electron chi connectivity index (χ2n) is 4.53. The Hall–Kier alpha value is -1.62. The Morgan fingerprint density at radius 2 is 2.29 bits per heavy atom. The van der Waals surface area contributed by atoms with Gasteiger partial charge in [0, 0.05) is 43.5 Å². The zero-order valence-electron chi connectivity index (χ0n) is 10.1. The number of nitrogens with one attached hydrogen (secondary N) is 1. The molecule has 1 saturated heterocycles. The van der Waals surface area contributed by atoms with Gasteiger partial charge in [0.05, 0.1) is 4.92 Å². The smallest absolute Gasteiger partial charge is 0.271 e. The lowest BCUT2D eigenvalue weighted by molar-refractivity contribution is -0.384. The third kappa shape index (κ3) is 2.55. The minimum Gasteiger partial charge on any atom is -0.368 e. The van der Waals surface area contributed by atoms with Gasteiger partial charge in [0.15, 0.2) is 0 Å². The number of nitro groups is 1. The van der Waals surface area contributed by atoms with E-state index in [9.17, 15) is 10.1 Å². The number of rotatable bonds is 2. The average Bonchev–Trinajstić information content (AvgIpc) is 2.29. The molecule has 1 heterocycles. The van der Waals surface area contributed by atoms with E-state index in [4.69, 9.17) is 0 Å². The zero-order valence-corrected chi connectivity index (χ0v) is 10.1. The van der Waals surface area contributed by atoms with Crippen LogP contribution >= 0.6 is 0 Å². The number of hydrogen-bond acceptors (Lipinski definition) is 4. The Morgan fingerprint density at radius 1 is 1.53 bits per heavy atom. The van der Waals surface area contributed by atoms with E-state index in [0.29, 0.717) is 6.04 Å². The molecule has 0 aliphatic carbocycles. The van der Waals surface area contributed by atoms with E-state index in [1.165, 1.54) is 0 Å². The van der Waals surface area contributed by atoms with Crippen LogP contribution in [0.15, 0.2) is 18.2 Å². The summed E-state index contributed by atoms with van der Waals surface area (Å²) in [5, 5.41) is 14.1. The Balaban J connectivity index is 2.29. The summed E-state index contributed by atoms with van der Waals surface area (Å²) in [4.78, 5) is 12.7. The highest BCUT2D eigenvalue weighted by molar-refractivity contribution is 5.59.